The Morgan fingerprint density at radius 3 is 2.33 bits per heavy atom. The summed E-state index contributed by atoms with van der Waals surface area (Å²) in [6.45, 7) is 1.89. The molecule has 0 saturated carbocycles. The number of primary sulfonamides is 1. The van der Waals surface area contributed by atoms with Crippen molar-refractivity contribution in [2.45, 2.75) is 11.8 Å². The van der Waals surface area contributed by atoms with Crippen LogP contribution in [0.1, 0.15) is 5.56 Å². The summed E-state index contributed by atoms with van der Waals surface area (Å²) in [7, 11) is -2.13. The maximum absolute atomic E-state index is 11.3. The monoisotopic (exact) mass is 344 g/mol. The summed E-state index contributed by atoms with van der Waals surface area (Å²) in [4.78, 5) is 4.42. The SMILES string of the molecule is COc1ccc2c(Oc3ccc(S(N)(=O)=O)cc3)c(C)cnc2c1. The highest BCUT2D eigenvalue weighted by Gasteiger charge is 2.11. The van der Waals surface area contributed by atoms with Gasteiger partial charge >= 0.3 is 0 Å². The van der Waals surface area contributed by atoms with E-state index >= 15 is 0 Å². The molecule has 7 heteroatoms. The van der Waals surface area contributed by atoms with Gasteiger partial charge < -0.3 is 9.47 Å². The zero-order valence-corrected chi connectivity index (χ0v) is 14.0. The van der Waals surface area contributed by atoms with E-state index in [1.165, 1.54) is 12.1 Å². The van der Waals surface area contributed by atoms with Crippen LogP contribution in [-0.2, 0) is 10.0 Å². The second-order valence-corrected chi connectivity index (χ2v) is 6.83. The lowest BCUT2D eigenvalue weighted by Crippen LogP contribution is -2.11. The van der Waals surface area contributed by atoms with Gasteiger partial charge in [0.25, 0.3) is 0 Å². The molecule has 124 valence electrons. The molecule has 6 nitrogen and oxygen atoms in total. The van der Waals surface area contributed by atoms with Crippen molar-refractivity contribution in [2.24, 2.45) is 5.14 Å². The zero-order chi connectivity index (χ0) is 17.3. The number of rotatable bonds is 4. The number of nitrogens with zero attached hydrogens (tertiary/aromatic N) is 1. The predicted molar refractivity (Wildman–Crippen MR) is 90.9 cm³/mol. The first-order valence-corrected chi connectivity index (χ1v) is 8.67. The molecule has 0 bridgehead atoms. The molecule has 0 radical (unpaired) electrons. The molecule has 0 amide bonds. The number of fused-ring (bicyclic) bond motifs is 1. The Kier molecular flexibility index (Phi) is 4.13. The van der Waals surface area contributed by atoms with Crippen molar-refractivity contribution in [3.63, 3.8) is 0 Å². The van der Waals surface area contributed by atoms with Crippen molar-refractivity contribution in [3.8, 4) is 17.2 Å². The third kappa shape index (κ3) is 3.17. The van der Waals surface area contributed by atoms with Crippen LogP contribution in [0.25, 0.3) is 10.9 Å². The minimum absolute atomic E-state index is 0.0379. The lowest BCUT2D eigenvalue weighted by atomic mass is 10.1. The van der Waals surface area contributed by atoms with Crippen LogP contribution in [0.4, 0.5) is 0 Å². The Hall–Kier alpha value is -2.64. The number of hydrogen-bond donors (Lipinski definition) is 1. The summed E-state index contributed by atoms with van der Waals surface area (Å²) < 4.78 is 33.8. The number of sulfonamides is 1. The summed E-state index contributed by atoms with van der Waals surface area (Å²) in [6.07, 6.45) is 1.72. The molecule has 0 spiro atoms. The van der Waals surface area contributed by atoms with Gasteiger partial charge in [-0.15, -0.1) is 0 Å². The van der Waals surface area contributed by atoms with Crippen LogP contribution in [0.15, 0.2) is 53.6 Å². The number of pyridine rings is 1. The second-order valence-electron chi connectivity index (χ2n) is 5.27. The minimum Gasteiger partial charge on any atom is -0.497 e. The van der Waals surface area contributed by atoms with Crippen LogP contribution in [0.5, 0.6) is 17.2 Å². The molecular weight excluding hydrogens is 328 g/mol. The van der Waals surface area contributed by atoms with Gasteiger partial charge in [0.15, 0.2) is 0 Å². The summed E-state index contributed by atoms with van der Waals surface area (Å²) in [5.74, 6) is 1.88. The smallest absolute Gasteiger partial charge is 0.238 e. The molecule has 3 aromatic rings. The molecule has 2 aromatic carbocycles. The lowest BCUT2D eigenvalue weighted by Gasteiger charge is -2.12. The molecule has 0 aliphatic heterocycles. The van der Waals surface area contributed by atoms with Crippen LogP contribution in [-0.4, -0.2) is 20.5 Å². The van der Waals surface area contributed by atoms with Gasteiger partial charge in [-0.1, -0.05) is 0 Å². The van der Waals surface area contributed by atoms with E-state index in [1.54, 1.807) is 25.4 Å². The third-order valence-electron chi connectivity index (χ3n) is 3.58. The standard InChI is InChI=1S/C17H16N2O4S/c1-11-10-19-16-9-13(22-2)5-8-15(16)17(11)23-12-3-6-14(7-4-12)24(18,20)21/h3-10H,1-2H3,(H2,18,20,21). The number of benzene rings is 2. The van der Waals surface area contributed by atoms with Crippen molar-refractivity contribution in [1.29, 1.82) is 0 Å². The van der Waals surface area contributed by atoms with E-state index in [-0.39, 0.29) is 4.90 Å². The maximum atomic E-state index is 11.3. The molecule has 0 atom stereocenters. The largest absolute Gasteiger partial charge is 0.497 e. The van der Waals surface area contributed by atoms with Gasteiger partial charge in [0.1, 0.15) is 17.2 Å². The first kappa shape index (κ1) is 16.2. The van der Waals surface area contributed by atoms with Crippen LogP contribution in [0, 0.1) is 6.92 Å². The predicted octanol–water partition coefficient (Wildman–Crippen LogP) is 2.99. The average molecular weight is 344 g/mol. The molecule has 1 heterocycles. The van der Waals surface area contributed by atoms with Crippen LogP contribution < -0.4 is 14.6 Å². The molecule has 24 heavy (non-hydrogen) atoms. The van der Waals surface area contributed by atoms with Gasteiger partial charge in [-0.2, -0.15) is 0 Å². The minimum atomic E-state index is -3.72. The summed E-state index contributed by atoms with van der Waals surface area (Å²) in [5.41, 5.74) is 1.61. The number of aryl methyl sites for hydroxylation is 1. The fourth-order valence-corrected chi connectivity index (χ4v) is 2.84. The fraction of sp³-hybridized carbons (Fsp3) is 0.118. The Labute approximate surface area is 139 Å². The third-order valence-corrected chi connectivity index (χ3v) is 4.51. The van der Waals surface area contributed by atoms with Crippen molar-refractivity contribution in [1.82, 2.24) is 4.98 Å². The lowest BCUT2D eigenvalue weighted by molar-refractivity contribution is 0.415. The average Bonchev–Trinajstić information content (AvgIpc) is 2.56. The van der Waals surface area contributed by atoms with E-state index in [0.717, 1.165) is 16.5 Å². The number of nitrogens with two attached hydrogens (primary N) is 1. The second kappa shape index (κ2) is 6.10. The molecule has 3 rings (SSSR count). The topological polar surface area (TPSA) is 91.5 Å². The van der Waals surface area contributed by atoms with Crippen LogP contribution >= 0.6 is 0 Å². The maximum Gasteiger partial charge on any atom is 0.238 e. The van der Waals surface area contributed by atoms with Gasteiger partial charge in [-0.05, 0) is 43.3 Å². The first-order valence-electron chi connectivity index (χ1n) is 7.12. The van der Waals surface area contributed by atoms with Crippen molar-refractivity contribution in [2.75, 3.05) is 7.11 Å². The first-order chi connectivity index (χ1) is 11.4. The van der Waals surface area contributed by atoms with Gasteiger partial charge in [-0.3, -0.25) is 4.98 Å². The highest BCUT2D eigenvalue weighted by atomic mass is 32.2. The van der Waals surface area contributed by atoms with Gasteiger partial charge in [-0.25, -0.2) is 13.6 Å². The van der Waals surface area contributed by atoms with Gasteiger partial charge in [0.2, 0.25) is 10.0 Å². The quantitative estimate of drug-likeness (QED) is 0.785. The molecule has 0 fully saturated rings. The van der Waals surface area contributed by atoms with E-state index in [1.807, 2.05) is 25.1 Å². The molecule has 0 aliphatic rings. The molecule has 0 aliphatic carbocycles. The van der Waals surface area contributed by atoms with E-state index in [2.05, 4.69) is 4.98 Å². The molecule has 2 N–H and O–H groups in total. The Morgan fingerprint density at radius 2 is 1.71 bits per heavy atom. The highest BCUT2D eigenvalue weighted by Crippen LogP contribution is 2.33. The Balaban J connectivity index is 2.02. The Bertz CT molecular complexity index is 999. The molecule has 0 unspecified atom stereocenters. The van der Waals surface area contributed by atoms with Crippen molar-refractivity contribution < 1.29 is 17.9 Å². The van der Waals surface area contributed by atoms with E-state index < -0.39 is 10.0 Å². The number of aromatic nitrogens is 1. The normalized spacial score (nSPS) is 11.5. The van der Waals surface area contributed by atoms with Crippen LogP contribution in [0.2, 0.25) is 0 Å². The molecule has 1 aromatic heterocycles. The van der Waals surface area contributed by atoms with E-state index in [9.17, 15) is 8.42 Å². The summed E-state index contributed by atoms with van der Waals surface area (Å²) in [6, 6.07) is 11.5. The van der Waals surface area contributed by atoms with Gasteiger partial charge in [0, 0.05) is 23.2 Å². The van der Waals surface area contributed by atoms with Crippen molar-refractivity contribution in [3.05, 3.63) is 54.2 Å². The van der Waals surface area contributed by atoms with Crippen LogP contribution in [0.3, 0.4) is 0 Å². The highest BCUT2D eigenvalue weighted by molar-refractivity contribution is 7.89. The van der Waals surface area contributed by atoms with E-state index in [0.29, 0.717) is 17.2 Å². The summed E-state index contributed by atoms with van der Waals surface area (Å²) in [5, 5.41) is 5.94. The zero-order valence-electron chi connectivity index (χ0n) is 13.2. The Morgan fingerprint density at radius 1 is 1.04 bits per heavy atom. The van der Waals surface area contributed by atoms with Gasteiger partial charge in [0.05, 0.1) is 17.5 Å². The number of hydrogen-bond acceptors (Lipinski definition) is 5. The number of methoxy groups -OCH3 is 1. The molecular formula is C17H16N2O4S. The fourth-order valence-electron chi connectivity index (χ4n) is 2.33. The molecule has 0 saturated heterocycles. The summed E-state index contributed by atoms with van der Waals surface area (Å²) >= 11 is 0. The van der Waals surface area contributed by atoms with E-state index in [4.69, 9.17) is 14.6 Å². The van der Waals surface area contributed by atoms with Crippen molar-refractivity contribution >= 4 is 20.9 Å². The number of ether oxygens (including phenoxy) is 2.